The van der Waals surface area contributed by atoms with Crippen molar-refractivity contribution in [3.05, 3.63) is 24.3 Å². The number of hydrogen-bond acceptors (Lipinski definition) is 4. The molecular weight excluding hydrogens is 298 g/mol. The summed E-state index contributed by atoms with van der Waals surface area (Å²) >= 11 is 1.57. The van der Waals surface area contributed by atoms with E-state index in [4.69, 9.17) is 5.26 Å². The molecule has 0 aliphatic carbocycles. The Kier molecular flexibility index (Phi) is 6.10. The molecule has 1 fully saturated rings. The molecular formula is C16H21N3O2S. The number of hydrogen-bond donors (Lipinski definition) is 2. The van der Waals surface area contributed by atoms with Gasteiger partial charge in [0.05, 0.1) is 30.3 Å². The quantitative estimate of drug-likeness (QED) is 0.818. The molecule has 118 valence electrons. The maximum absolute atomic E-state index is 12.4. The molecule has 0 spiro atoms. The van der Waals surface area contributed by atoms with Crippen LogP contribution in [0.1, 0.15) is 19.8 Å². The topological polar surface area (TPSA) is 76.4 Å². The summed E-state index contributed by atoms with van der Waals surface area (Å²) in [5, 5.41) is 21.1. The first kappa shape index (κ1) is 16.7. The van der Waals surface area contributed by atoms with Gasteiger partial charge in [0, 0.05) is 17.2 Å². The summed E-state index contributed by atoms with van der Waals surface area (Å²) in [6.45, 7) is 2.56. The summed E-state index contributed by atoms with van der Waals surface area (Å²) in [5.41, 5.74) is 0.756. The number of aliphatic hydroxyl groups excluding tert-OH is 1. The molecule has 1 saturated heterocycles. The van der Waals surface area contributed by atoms with Gasteiger partial charge in [-0.3, -0.25) is 0 Å². The van der Waals surface area contributed by atoms with Crippen molar-refractivity contribution in [2.75, 3.05) is 24.2 Å². The smallest absolute Gasteiger partial charge is 0.322 e. The number of anilines is 1. The molecule has 1 unspecified atom stereocenters. The van der Waals surface area contributed by atoms with Crippen molar-refractivity contribution in [2.24, 2.45) is 5.92 Å². The first-order chi connectivity index (χ1) is 10.7. The van der Waals surface area contributed by atoms with Crippen LogP contribution in [0.4, 0.5) is 10.5 Å². The fraction of sp³-hybridized carbons (Fsp3) is 0.500. The van der Waals surface area contributed by atoms with Gasteiger partial charge in [-0.1, -0.05) is 12.1 Å². The Balaban J connectivity index is 2.03. The minimum atomic E-state index is -0.169. The molecule has 1 heterocycles. The highest BCUT2D eigenvalue weighted by Crippen LogP contribution is 2.29. The lowest BCUT2D eigenvalue weighted by Crippen LogP contribution is -2.40. The summed E-state index contributed by atoms with van der Waals surface area (Å²) < 4.78 is 0. The largest absolute Gasteiger partial charge is 0.394 e. The number of carbonyl (C=O) groups excluding carboxylic acids is 1. The van der Waals surface area contributed by atoms with E-state index in [1.54, 1.807) is 16.7 Å². The molecule has 0 radical (unpaired) electrons. The minimum Gasteiger partial charge on any atom is -0.394 e. The number of nitrogens with zero attached hydrogens (tertiary/aromatic N) is 2. The highest BCUT2D eigenvalue weighted by Gasteiger charge is 2.28. The highest BCUT2D eigenvalue weighted by molar-refractivity contribution is 7.99. The normalized spacial score (nSPS) is 18.8. The fourth-order valence-corrected chi connectivity index (χ4v) is 3.38. The van der Waals surface area contributed by atoms with E-state index in [1.165, 1.54) is 0 Å². The third-order valence-corrected chi connectivity index (χ3v) is 5.02. The molecule has 2 N–H and O–H groups in total. The highest BCUT2D eigenvalue weighted by atomic mass is 32.2. The van der Waals surface area contributed by atoms with Gasteiger partial charge < -0.3 is 15.3 Å². The number of rotatable bonds is 5. The number of amides is 2. The van der Waals surface area contributed by atoms with Crippen LogP contribution in [0.2, 0.25) is 0 Å². The number of nitrogens with one attached hydrogen (secondary N) is 1. The SMILES string of the molecule is CC(C#N)CSc1ccccc1NC(=O)N1CCC[C@H]1CO. The number of carbonyl (C=O) groups is 1. The zero-order valence-corrected chi connectivity index (χ0v) is 13.5. The van der Waals surface area contributed by atoms with Gasteiger partial charge in [0.25, 0.3) is 0 Å². The number of nitriles is 1. The Hall–Kier alpha value is -1.71. The van der Waals surface area contributed by atoms with Crippen LogP contribution >= 0.6 is 11.8 Å². The van der Waals surface area contributed by atoms with Gasteiger partial charge in [0.15, 0.2) is 0 Å². The molecule has 0 saturated carbocycles. The molecule has 2 atom stereocenters. The zero-order valence-electron chi connectivity index (χ0n) is 12.7. The van der Waals surface area contributed by atoms with Crippen LogP contribution in [-0.2, 0) is 0 Å². The maximum atomic E-state index is 12.4. The molecule has 1 aromatic rings. The molecule has 2 amide bonds. The molecule has 1 aliphatic rings. The van der Waals surface area contributed by atoms with Gasteiger partial charge in [0.2, 0.25) is 0 Å². The predicted octanol–water partition coefficient (Wildman–Crippen LogP) is 2.93. The van der Waals surface area contributed by atoms with Crippen molar-refractivity contribution < 1.29 is 9.90 Å². The van der Waals surface area contributed by atoms with Crippen LogP contribution < -0.4 is 5.32 Å². The van der Waals surface area contributed by atoms with Crippen LogP contribution in [-0.4, -0.2) is 41.0 Å². The lowest BCUT2D eigenvalue weighted by Gasteiger charge is -2.24. The molecule has 0 aromatic heterocycles. The third-order valence-electron chi connectivity index (χ3n) is 3.69. The van der Waals surface area contributed by atoms with Crippen LogP contribution in [0.25, 0.3) is 0 Å². The number of likely N-dealkylation sites (tertiary alicyclic amines) is 1. The number of para-hydroxylation sites is 1. The van der Waals surface area contributed by atoms with Gasteiger partial charge in [-0.05, 0) is 31.9 Å². The Morgan fingerprint density at radius 2 is 2.36 bits per heavy atom. The van der Waals surface area contributed by atoms with Crippen LogP contribution in [0.15, 0.2) is 29.2 Å². The Labute approximate surface area is 135 Å². The van der Waals surface area contributed by atoms with Crippen LogP contribution in [0, 0.1) is 17.2 Å². The molecule has 1 aliphatic heterocycles. The van der Waals surface area contributed by atoms with Crippen molar-refractivity contribution in [3.63, 3.8) is 0 Å². The fourth-order valence-electron chi connectivity index (χ4n) is 2.43. The summed E-state index contributed by atoms with van der Waals surface area (Å²) in [6.07, 6.45) is 1.77. The average molecular weight is 319 g/mol. The van der Waals surface area contributed by atoms with Crippen LogP contribution in [0.3, 0.4) is 0 Å². The number of thioether (sulfide) groups is 1. The van der Waals surface area contributed by atoms with Crippen molar-refractivity contribution in [1.82, 2.24) is 4.90 Å². The monoisotopic (exact) mass is 319 g/mol. The molecule has 2 rings (SSSR count). The Morgan fingerprint density at radius 3 is 3.09 bits per heavy atom. The lowest BCUT2D eigenvalue weighted by molar-refractivity contribution is 0.166. The van der Waals surface area contributed by atoms with E-state index in [2.05, 4.69) is 11.4 Å². The van der Waals surface area contributed by atoms with Gasteiger partial charge in [-0.25, -0.2) is 4.79 Å². The second kappa shape index (κ2) is 8.06. The number of benzene rings is 1. The molecule has 0 bridgehead atoms. The standard InChI is InChI=1S/C16H21N3O2S/c1-12(9-17)11-22-15-7-3-2-6-14(15)18-16(21)19-8-4-5-13(19)10-20/h2-3,6-7,12-13,20H,4-5,8,10-11H2,1H3,(H,18,21)/t12?,13-/m0/s1. The summed E-state index contributed by atoms with van der Waals surface area (Å²) in [5.74, 6) is 0.651. The first-order valence-electron chi connectivity index (χ1n) is 7.45. The van der Waals surface area contributed by atoms with E-state index >= 15 is 0 Å². The first-order valence-corrected chi connectivity index (χ1v) is 8.44. The summed E-state index contributed by atoms with van der Waals surface area (Å²) in [4.78, 5) is 15.0. The molecule has 1 aromatic carbocycles. The van der Waals surface area contributed by atoms with Crippen LogP contribution in [0.5, 0.6) is 0 Å². The van der Waals surface area contributed by atoms with E-state index in [9.17, 15) is 9.90 Å². The van der Waals surface area contributed by atoms with Crippen molar-refractivity contribution in [2.45, 2.75) is 30.7 Å². The van der Waals surface area contributed by atoms with Gasteiger partial charge >= 0.3 is 6.03 Å². The van der Waals surface area contributed by atoms with E-state index in [-0.39, 0.29) is 24.6 Å². The molecule has 5 nitrogen and oxygen atoms in total. The van der Waals surface area contributed by atoms with Gasteiger partial charge in [-0.2, -0.15) is 5.26 Å². The van der Waals surface area contributed by atoms with E-state index in [0.717, 1.165) is 23.4 Å². The predicted molar refractivity (Wildman–Crippen MR) is 87.8 cm³/mol. The third kappa shape index (κ3) is 4.15. The Morgan fingerprint density at radius 1 is 1.59 bits per heavy atom. The lowest BCUT2D eigenvalue weighted by atomic mass is 10.2. The Bertz CT molecular complexity index is 559. The van der Waals surface area contributed by atoms with E-state index in [1.807, 2.05) is 31.2 Å². The molecule has 6 heteroatoms. The average Bonchev–Trinajstić information content (AvgIpc) is 3.02. The van der Waals surface area contributed by atoms with E-state index < -0.39 is 0 Å². The minimum absolute atomic E-state index is 0.00347. The number of urea groups is 1. The summed E-state index contributed by atoms with van der Waals surface area (Å²) in [6, 6.07) is 9.55. The second-order valence-electron chi connectivity index (χ2n) is 5.44. The van der Waals surface area contributed by atoms with Crippen molar-refractivity contribution in [1.29, 1.82) is 5.26 Å². The second-order valence-corrected chi connectivity index (χ2v) is 6.50. The zero-order chi connectivity index (χ0) is 15.9. The van der Waals surface area contributed by atoms with Crippen molar-refractivity contribution in [3.8, 4) is 6.07 Å². The van der Waals surface area contributed by atoms with E-state index in [0.29, 0.717) is 12.3 Å². The molecule has 22 heavy (non-hydrogen) atoms. The van der Waals surface area contributed by atoms with Gasteiger partial charge in [0.1, 0.15) is 0 Å². The summed E-state index contributed by atoms with van der Waals surface area (Å²) in [7, 11) is 0. The van der Waals surface area contributed by atoms with Gasteiger partial charge in [-0.15, -0.1) is 11.8 Å². The maximum Gasteiger partial charge on any atom is 0.322 e. The number of aliphatic hydroxyl groups is 1. The van der Waals surface area contributed by atoms with Crippen molar-refractivity contribution >= 4 is 23.5 Å².